The zero-order valence-corrected chi connectivity index (χ0v) is 12.2. The van der Waals surface area contributed by atoms with Gasteiger partial charge in [-0.15, -0.1) is 0 Å². The number of para-hydroxylation sites is 1. The third-order valence-electron chi connectivity index (χ3n) is 3.46. The van der Waals surface area contributed by atoms with Crippen molar-refractivity contribution in [1.82, 2.24) is 4.98 Å². The minimum atomic E-state index is 0.770. The Morgan fingerprint density at radius 3 is 2.55 bits per heavy atom. The number of hydrogen-bond donors (Lipinski definition) is 0. The van der Waals surface area contributed by atoms with E-state index in [4.69, 9.17) is 16.6 Å². The molecule has 0 radical (unpaired) electrons. The smallest absolute Gasteiger partial charge is 0.0756 e. The van der Waals surface area contributed by atoms with Crippen molar-refractivity contribution in [2.24, 2.45) is 0 Å². The number of fused-ring (bicyclic) bond motifs is 1. The number of halogens is 1. The Morgan fingerprint density at radius 2 is 1.80 bits per heavy atom. The summed E-state index contributed by atoms with van der Waals surface area (Å²) in [5.74, 6) is 0. The maximum atomic E-state index is 6.44. The highest BCUT2D eigenvalue weighted by Gasteiger charge is 2.09. The molecule has 0 atom stereocenters. The normalized spacial score (nSPS) is 10.9. The van der Waals surface area contributed by atoms with Crippen LogP contribution in [-0.2, 0) is 6.42 Å². The number of rotatable bonds is 3. The van der Waals surface area contributed by atoms with Crippen molar-refractivity contribution in [3.05, 3.63) is 65.2 Å². The fraction of sp³-hybridized carbons (Fsp3) is 0.167. The van der Waals surface area contributed by atoms with E-state index in [1.807, 2.05) is 30.3 Å². The fourth-order valence-corrected chi connectivity index (χ4v) is 2.75. The van der Waals surface area contributed by atoms with Crippen LogP contribution in [0.15, 0.2) is 54.6 Å². The van der Waals surface area contributed by atoms with Crippen LogP contribution >= 0.6 is 11.6 Å². The van der Waals surface area contributed by atoms with Crippen molar-refractivity contribution < 1.29 is 0 Å². The summed E-state index contributed by atoms with van der Waals surface area (Å²) < 4.78 is 0. The molecule has 0 aliphatic rings. The van der Waals surface area contributed by atoms with E-state index in [9.17, 15) is 0 Å². The van der Waals surface area contributed by atoms with Crippen molar-refractivity contribution in [2.75, 3.05) is 0 Å². The highest BCUT2D eigenvalue weighted by Crippen LogP contribution is 2.30. The molecule has 20 heavy (non-hydrogen) atoms. The molecule has 1 nitrogen and oxygen atoms in total. The van der Waals surface area contributed by atoms with Crippen molar-refractivity contribution >= 4 is 22.5 Å². The van der Waals surface area contributed by atoms with Gasteiger partial charge in [0.05, 0.1) is 16.2 Å². The van der Waals surface area contributed by atoms with Crippen LogP contribution < -0.4 is 0 Å². The van der Waals surface area contributed by atoms with Crippen LogP contribution in [0.5, 0.6) is 0 Å². The molecule has 0 aliphatic heterocycles. The van der Waals surface area contributed by atoms with Gasteiger partial charge in [0, 0.05) is 10.9 Å². The van der Waals surface area contributed by atoms with Crippen molar-refractivity contribution in [3.8, 4) is 11.3 Å². The lowest BCUT2D eigenvalue weighted by atomic mass is 10.0. The number of aromatic nitrogens is 1. The zero-order valence-electron chi connectivity index (χ0n) is 11.4. The molecule has 0 spiro atoms. The molecular weight excluding hydrogens is 266 g/mol. The summed E-state index contributed by atoms with van der Waals surface area (Å²) in [6.45, 7) is 2.18. The lowest BCUT2D eigenvalue weighted by Crippen LogP contribution is -1.92. The Balaban J connectivity index is 2.24. The van der Waals surface area contributed by atoms with Crippen molar-refractivity contribution in [2.45, 2.75) is 19.8 Å². The maximum absolute atomic E-state index is 6.44. The molecule has 0 saturated heterocycles. The molecule has 1 heterocycles. The number of hydrogen-bond acceptors (Lipinski definition) is 1. The van der Waals surface area contributed by atoms with Gasteiger partial charge in [-0.1, -0.05) is 73.5 Å². The maximum Gasteiger partial charge on any atom is 0.0756 e. The van der Waals surface area contributed by atoms with E-state index in [1.54, 1.807) is 0 Å². The molecule has 3 rings (SSSR count). The summed E-state index contributed by atoms with van der Waals surface area (Å²) in [6, 6.07) is 18.4. The van der Waals surface area contributed by atoms with Gasteiger partial charge in [-0.3, -0.25) is 0 Å². The third kappa shape index (κ3) is 2.41. The van der Waals surface area contributed by atoms with Crippen LogP contribution in [0, 0.1) is 0 Å². The SMILES string of the molecule is CCCc1cccc2c(Cl)cc(-c3ccccc3)nc12. The lowest BCUT2D eigenvalue weighted by molar-refractivity contribution is 0.926. The Hall–Kier alpha value is -1.86. The molecule has 0 aliphatic carbocycles. The fourth-order valence-electron chi connectivity index (χ4n) is 2.49. The summed E-state index contributed by atoms with van der Waals surface area (Å²) in [4.78, 5) is 4.84. The van der Waals surface area contributed by atoms with Gasteiger partial charge in [-0.2, -0.15) is 0 Å². The Morgan fingerprint density at radius 1 is 1.00 bits per heavy atom. The van der Waals surface area contributed by atoms with E-state index >= 15 is 0 Å². The molecule has 0 N–H and O–H groups in total. The molecule has 2 aromatic carbocycles. The predicted molar refractivity (Wildman–Crippen MR) is 86.2 cm³/mol. The summed E-state index contributed by atoms with van der Waals surface area (Å²) >= 11 is 6.44. The summed E-state index contributed by atoms with van der Waals surface area (Å²) in [5, 5.41) is 1.81. The first-order chi connectivity index (χ1) is 9.79. The Labute approximate surface area is 124 Å². The number of pyridine rings is 1. The first-order valence-corrected chi connectivity index (χ1v) is 7.31. The van der Waals surface area contributed by atoms with E-state index in [2.05, 4.69) is 31.2 Å². The van der Waals surface area contributed by atoms with Crippen LogP contribution in [0.4, 0.5) is 0 Å². The van der Waals surface area contributed by atoms with E-state index < -0.39 is 0 Å². The molecule has 0 amide bonds. The second kappa shape index (κ2) is 5.64. The van der Waals surface area contributed by atoms with Gasteiger partial charge >= 0.3 is 0 Å². The minimum Gasteiger partial charge on any atom is -0.247 e. The summed E-state index contributed by atoms with van der Waals surface area (Å²) in [6.07, 6.45) is 2.13. The van der Waals surface area contributed by atoms with E-state index in [1.165, 1.54) is 5.56 Å². The predicted octanol–water partition coefficient (Wildman–Crippen LogP) is 5.51. The standard InChI is InChI=1S/C18H16ClN/c1-2-7-14-10-6-11-15-16(19)12-17(20-18(14)15)13-8-4-3-5-9-13/h3-6,8-12H,2,7H2,1H3. The largest absolute Gasteiger partial charge is 0.247 e. The minimum absolute atomic E-state index is 0.770. The van der Waals surface area contributed by atoms with Gasteiger partial charge in [0.2, 0.25) is 0 Å². The first kappa shape index (κ1) is 13.1. The van der Waals surface area contributed by atoms with Gasteiger partial charge < -0.3 is 0 Å². The zero-order chi connectivity index (χ0) is 13.9. The number of benzene rings is 2. The summed E-state index contributed by atoms with van der Waals surface area (Å²) in [7, 11) is 0. The second-order valence-electron chi connectivity index (χ2n) is 4.92. The molecule has 0 unspecified atom stereocenters. The van der Waals surface area contributed by atoms with Gasteiger partial charge in [0.1, 0.15) is 0 Å². The average Bonchev–Trinajstić information content (AvgIpc) is 2.49. The highest BCUT2D eigenvalue weighted by atomic mass is 35.5. The van der Waals surface area contributed by atoms with Crippen molar-refractivity contribution in [3.63, 3.8) is 0 Å². The van der Waals surface area contributed by atoms with E-state index in [0.29, 0.717) is 0 Å². The van der Waals surface area contributed by atoms with Gasteiger partial charge in [0.15, 0.2) is 0 Å². The third-order valence-corrected chi connectivity index (χ3v) is 3.77. The average molecular weight is 282 g/mol. The summed E-state index contributed by atoms with van der Waals surface area (Å²) in [5.41, 5.74) is 4.33. The molecule has 1 aromatic heterocycles. The molecule has 100 valence electrons. The number of nitrogens with zero attached hydrogens (tertiary/aromatic N) is 1. The monoisotopic (exact) mass is 281 g/mol. The van der Waals surface area contributed by atoms with Gasteiger partial charge in [-0.05, 0) is 18.1 Å². The Kier molecular flexibility index (Phi) is 3.70. The molecular formula is C18H16ClN. The van der Waals surface area contributed by atoms with Crippen molar-refractivity contribution in [1.29, 1.82) is 0 Å². The lowest BCUT2D eigenvalue weighted by Gasteiger charge is -2.09. The van der Waals surface area contributed by atoms with E-state index in [0.717, 1.165) is 40.0 Å². The number of aryl methyl sites for hydroxylation is 1. The van der Waals surface area contributed by atoms with Crippen LogP contribution in [0.2, 0.25) is 5.02 Å². The molecule has 3 aromatic rings. The molecule has 0 saturated carbocycles. The molecule has 0 fully saturated rings. The van der Waals surface area contributed by atoms with Gasteiger partial charge in [0.25, 0.3) is 0 Å². The highest BCUT2D eigenvalue weighted by molar-refractivity contribution is 6.35. The Bertz CT molecular complexity index is 735. The first-order valence-electron chi connectivity index (χ1n) is 6.93. The van der Waals surface area contributed by atoms with Crippen LogP contribution in [0.25, 0.3) is 22.2 Å². The molecule has 0 bridgehead atoms. The topological polar surface area (TPSA) is 12.9 Å². The second-order valence-corrected chi connectivity index (χ2v) is 5.33. The molecule has 2 heteroatoms. The van der Waals surface area contributed by atoms with Crippen LogP contribution in [0.3, 0.4) is 0 Å². The van der Waals surface area contributed by atoms with E-state index in [-0.39, 0.29) is 0 Å². The van der Waals surface area contributed by atoms with Crippen LogP contribution in [-0.4, -0.2) is 4.98 Å². The quantitative estimate of drug-likeness (QED) is 0.617. The van der Waals surface area contributed by atoms with Gasteiger partial charge in [-0.25, -0.2) is 4.98 Å². The van der Waals surface area contributed by atoms with Crippen LogP contribution in [0.1, 0.15) is 18.9 Å².